The van der Waals surface area contributed by atoms with Gasteiger partial charge in [0.1, 0.15) is 0 Å². The number of carbonyl (C=O) groups is 1. The van der Waals surface area contributed by atoms with E-state index in [1.54, 1.807) is 18.7 Å². The van der Waals surface area contributed by atoms with Gasteiger partial charge in [0.2, 0.25) is 0 Å². The number of nitroso groups, excluding NO2 is 1. The van der Waals surface area contributed by atoms with Gasteiger partial charge >= 0.3 is 0 Å². The van der Waals surface area contributed by atoms with Crippen LogP contribution in [0.1, 0.15) is 33.6 Å². The number of hydrogen-bond acceptors (Lipinski definition) is 3. The summed E-state index contributed by atoms with van der Waals surface area (Å²) in [5, 5.41) is 2.87. The third kappa shape index (κ3) is 2.30. The van der Waals surface area contributed by atoms with Gasteiger partial charge in [-0.25, -0.2) is 0 Å². The summed E-state index contributed by atoms with van der Waals surface area (Å²) in [7, 11) is 0. The third-order valence-corrected chi connectivity index (χ3v) is 2.82. The van der Waals surface area contributed by atoms with E-state index < -0.39 is 5.54 Å². The van der Waals surface area contributed by atoms with Crippen LogP contribution >= 0.6 is 0 Å². The average Bonchev–Trinajstić information content (AvgIpc) is 2.18. The van der Waals surface area contributed by atoms with Gasteiger partial charge in [0, 0.05) is 13.1 Å². The first-order valence-electron chi connectivity index (χ1n) is 5.11. The molecule has 0 N–H and O–H groups in total. The maximum Gasteiger partial charge on any atom is 0.253 e. The molecule has 1 rings (SSSR count). The molecule has 0 aliphatic carbocycles. The second kappa shape index (κ2) is 4.07. The summed E-state index contributed by atoms with van der Waals surface area (Å²) in [4.78, 5) is 24.0. The molecule has 0 radical (unpaired) electrons. The summed E-state index contributed by atoms with van der Waals surface area (Å²) >= 11 is 0. The predicted molar refractivity (Wildman–Crippen MR) is 54.9 cm³/mol. The Kier molecular flexibility index (Phi) is 3.24. The van der Waals surface area contributed by atoms with Crippen LogP contribution in [0, 0.1) is 10.8 Å². The van der Waals surface area contributed by atoms with Gasteiger partial charge < -0.3 is 4.90 Å². The first-order valence-corrected chi connectivity index (χ1v) is 5.11. The van der Waals surface area contributed by atoms with Crippen molar-refractivity contribution in [1.82, 2.24) is 4.90 Å². The fraction of sp³-hybridized carbons (Fsp3) is 0.900. The molecule has 80 valence electrons. The van der Waals surface area contributed by atoms with Gasteiger partial charge in [0.25, 0.3) is 5.91 Å². The normalized spacial score (nSPS) is 19.5. The highest BCUT2D eigenvalue weighted by molar-refractivity contribution is 5.85. The lowest BCUT2D eigenvalue weighted by atomic mass is 9.96. The lowest BCUT2D eigenvalue weighted by Crippen LogP contribution is -2.47. The smallest absolute Gasteiger partial charge is 0.253 e. The van der Waals surface area contributed by atoms with Crippen molar-refractivity contribution >= 4 is 5.91 Å². The third-order valence-electron chi connectivity index (χ3n) is 2.82. The summed E-state index contributed by atoms with van der Waals surface area (Å²) < 4.78 is 0. The second-order valence-electron chi connectivity index (χ2n) is 4.63. The Bertz CT molecular complexity index is 230. The zero-order valence-electron chi connectivity index (χ0n) is 9.12. The van der Waals surface area contributed by atoms with Gasteiger partial charge in [0.05, 0.1) is 0 Å². The van der Waals surface area contributed by atoms with Crippen molar-refractivity contribution in [2.75, 3.05) is 13.1 Å². The summed E-state index contributed by atoms with van der Waals surface area (Å²) in [5.74, 6) is 0.547. The Hall–Kier alpha value is -0.930. The Morgan fingerprint density at radius 2 is 1.86 bits per heavy atom. The Morgan fingerprint density at radius 1 is 1.36 bits per heavy atom. The topological polar surface area (TPSA) is 49.7 Å². The van der Waals surface area contributed by atoms with Gasteiger partial charge in [-0.1, -0.05) is 12.1 Å². The molecule has 1 fully saturated rings. The number of carbonyl (C=O) groups excluding carboxylic acids is 1. The zero-order valence-corrected chi connectivity index (χ0v) is 9.12. The first-order chi connectivity index (χ1) is 6.47. The van der Waals surface area contributed by atoms with E-state index in [1.807, 2.05) is 0 Å². The van der Waals surface area contributed by atoms with Gasteiger partial charge in [-0.15, -0.1) is 4.91 Å². The van der Waals surface area contributed by atoms with Crippen LogP contribution < -0.4 is 0 Å². The molecule has 4 nitrogen and oxygen atoms in total. The average molecular weight is 198 g/mol. The molecule has 0 atom stereocenters. The minimum atomic E-state index is -1.10. The molecule has 0 unspecified atom stereocenters. The molecule has 1 heterocycles. The van der Waals surface area contributed by atoms with Crippen molar-refractivity contribution in [3.8, 4) is 0 Å². The molecule has 1 amide bonds. The van der Waals surface area contributed by atoms with Crippen LogP contribution in [0.3, 0.4) is 0 Å². The van der Waals surface area contributed by atoms with Crippen molar-refractivity contribution in [2.45, 2.75) is 39.2 Å². The highest BCUT2D eigenvalue weighted by Crippen LogP contribution is 2.20. The standard InChI is InChI=1S/C10H18N2O2/c1-8-4-6-12(7-5-8)9(13)10(2,3)11-14/h8H,4-7H2,1-3H3. The van der Waals surface area contributed by atoms with Crippen molar-refractivity contribution in [3.63, 3.8) is 0 Å². The van der Waals surface area contributed by atoms with Crippen LogP contribution in [-0.4, -0.2) is 29.4 Å². The van der Waals surface area contributed by atoms with Crippen LogP contribution in [0.25, 0.3) is 0 Å². The first kappa shape index (κ1) is 11.1. The maximum atomic E-state index is 11.8. The van der Waals surface area contributed by atoms with Gasteiger partial charge in [-0.2, -0.15) is 0 Å². The van der Waals surface area contributed by atoms with E-state index >= 15 is 0 Å². The molecule has 1 aliphatic heterocycles. The molecular weight excluding hydrogens is 180 g/mol. The minimum absolute atomic E-state index is 0.139. The van der Waals surface area contributed by atoms with E-state index in [-0.39, 0.29) is 5.91 Å². The van der Waals surface area contributed by atoms with Gasteiger partial charge in [-0.05, 0) is 32.6 Å². The quantitative estimate of drug-likeness (QED) is 0.635. The van der Waals surface area contributed by atoms with E-state index in [2.05, 4.69) is 12.1 Å². The number of nitrogens with zero attached hydrogens (tertiary/aromatic N) is 2. The molecule has 1 aliphatic rings. The van der Waals surface area contributed by atoms with Crippen molar-refractivity contribution in [2.24, 2.45) is 11.1 Å². The Labute approximate surface area is 84.6 Å². The van der Waals surface area contributed by atoms with Crippen LogP contribution in [0.5, 0.6) is 0 Å². The minimum Gasteiger partial charge on any atom is -0.340 e. The zero-order chi connectivity index (χ0) is 10.8. The van der Waals surface area contributed by atoms with Crippen LogP contribution in [-0.2, 0) is 4.79 Å². The van der Waals surface area contributed by atoms with E-state index in [1.165, 1.54) is 0 Å². The molecule has 0 aromatic carbocycles. The molecule has 0 aromatic heterocycles. The fourth-order valence-corrected chi connectivity index (χ4v) is 1.64. The molecule has 0 bridgehead atoms. The fourth-order valence-electron chi connectivity index (χ4n) is 1.64. The van der Waals surface area contributed by atoms with Crippen molar-refractivity contribution in [1.29, 1.82) is 0 Å². The highest BCUT2D eigenvalue weighted by atomic mass is 16.3. The second-order valence-corrected chi connectivity index (χ2v) is 4.63. The highest BCUT2D eigenvalue weighted by Gasteiger charge is 2.34. The predicted octanol–water partition coefficient (Wildman–Crippen LogP) is 1.79. The number of likely N-dealkylation sites (tertiary alicyclic amines) is 1. The van der Waals surface area contributed by atoms with E-state index in [4.69, 9.17) is 0 Å². The van der Waals surface area contributed by atoms with E-state index in [0.717, 1.165) is 25.9 Å². The van der Waals surface area contributed by atoms with Crippen molar-refractivity contribution < 1.29 is 4.79 Å². The lowest BCUT2D eigenvalue weighted by Gasteiger charge is -2.33. The maximum absolute atomic E-state index is 11.8. The number of hydrogen-bond donors (Lipinski definition) is 0. The number of piperidine rings is 1. The number of amides is 1. The van der Waals surface area contributed by atoms with E-state index in [9.17, 15) is 9.70 Å². The van der Waals surface area contributed by atoms with Crippen LogP contribution in [0.4, 0.5) is 0 Å². The largest absolute Gasteiger partial charge is 0.340 e. The molecule has 1 saturated heterocycles. The van der Waals surface area contributed by atoms with Gasteiger partial charge in [-0.3, -0.25) is 4.79 Å². The van der Waals surface area contributed by atoms with Crippen molar-refractivity contribution in [3.05, 3.63) is 4.91 Å². The van der Waals surface area contributed by atoms with Crippen LogP contribution in [0.2, 0.25) is 0 Å². The Morgan fingerprint density at radius 3 is 2.29 bits per heavy atom. The van der Waals surface area contributed by atoms with E-state index in [0.29, 0.717) is 5.92 Å². The molecule has 0 saturated carbocycles. The molecule has 14 heavy (non-hydrogen) atoms. The summed E-state index contributed by atoms with van der Waals surface area (Å²) in [6.45, 7) is 6.85. The molecule has 0 aromatic rings. The molecule has 4 heteroatoms. The SMILES string of the molecule is CC1CCN(C(=O)C(C)(C)N=O)CC1. The monoisotopic (exact) mass is 198 g/mol. The molecule has 0 spiro atoms. The lowest BCUT2D eigenvalue weighted by molar-refractivity contribution is -0.137. The van der Waals surface area contributed by atoms with Gasteiger partial charge in [0.15, 0.2) is 5.54 Å². The Balaban J connectivity index is 2.58. The summed E-state index contributed by atoms with van der Waals surface area (Å²) in [6, 6.07) is 0. The number of rotatable bonds is 2. The summed E-state index contributed by atoms with van der Waals surface area (Å²) in [6.07, 6.45) is 2.06. The summed E-state index contributed by atoms with van der Waals surface area (Å²) in [5.41, 5.74) is -1.10. The molecular formula is C10H18N2O2. The van der Waals surface area contributed by atoms with Crippen LogP contribution in [0.15, 0.2) is 5.18 Å².